The Morgan fingerprint density at radius 3 is 2.43 bits per heavy atom. The van der Waals surface area contributed by atoms with E-state index in [1.54, 1.807) is 0 Å². The van der Waals surface area contributed by atoms with Crippen LogP contribution in [0.4, 0.5) is 0 Å². The van der Waals surface area contributed by atoms with Crippen LogP contribution in [0.3, 0.4) is 0 Å². The van der Waals surface area contributed by atoms with Crippen LogP contribution < -0.4 is 5.73 Å². The van der Waals surface area contributed by atoms with E-state index in [9.17, 15) is 0 Å². The fraction of sp³-hybridized carbons (Fsp3) is 0.235. The molecule has 0 aromatic heterocycles. The molecule has 0 radical (unpaired) electrons. The Labute approximate surface area is 124 Å². The van der Waals surface area contributed by atoms with E-state index in [2.05, 4.69) is 5.16 Å². The molecule has 2 aromatic carbocycles. The van der Waals surface area contributed by atoms with E-state index >= 15 is 0 Å². The Bertz CT molecular complexity index is 606. The van der Waals surface area contributed by atoms with E-state index in [0.717, 1.165) is 16.7 Å². The topological polar surface area (TPSA) is 67.8 Å². The molecule has 0 atom stereocenters. The van der Waals surface area contributed by atoms with Crippen LogP contribution in [0.15, 0.2) is 53.7 Å². The van der Waals surface area contributed by atoms with Crippen LogP contribution in [-0.4, -0.2) is 10.9 Å². The zero-order chi connectivity index (χ0) is 15.1. The summed E-state index contributed by atoms with van der Waals surface area (Å²) in [4.78, 5) is 5.27. The van der Waals surface area contributed by atoms with Crippen molar-refractivity contribution in [2.24, 2.45) is 10.9 Å². The average Bonchev–Trinajstić information content (AvgIpc) is 2.50. The van der Waals surface area contributed by atoms with Crippen molar-refractivity contribution in [3.05, 3.63) is 70.8 Å². The Balaban J connectivity index is 1.87. The molecule has 110 valence electrons. The van der Waals surface area contributed by atoms with Gasteiger partial charge in [-0.2, -0.15) is 0 Å². The third-order valence-corrected chi connectivity index (χ3v) is 3.25. The standard InChI is InChI=1S/C17H20N2O2/c1-13-4-2-3-5-16(13)10-17(18)19-21-12-15-8-6-14(11-20)7-9-15/h2-9,20H,10-12H2,1H3,(H2,18,19). The first-order valence-electron chi connectivity index (χ1n) is 6.86. The van der Waals surface area contributed by atoms with Crippen molar-refractivity contribution in [3.8, 4) is 0 Å². The lowest BCUT2D eigenvalue weighted by Gasteiger charge is -2.05. The van der Waals surface area contributed by atoms with E-state index in [0.29, 0.717) is 18.9 Å². The number of amidine groups is 1. The minimum Gasteiger partial charge on any atom is -0.392 e. The Kier molecular flexibility index (Phi) is 5.35. The van der Waals surface area contributed by atoms with Gasteiger partial charge in [0.15, 0.2) is 0 Å². The Morgan fingerprint density at radius 1 is 1.10 bits per heavy atom. The summed E-state index contributed by atoms with van der Waals surface area (Å²) in [5, 5.41) is 12.9. The fourth-order valence-corrected chi connectivity index (χ4v) is 1.97. The van der Waals surface area contributed by atoms with E-state index < -0.39 is 0 Å². The number of oxime groups is 1. The third kappa shape index (κ3) is 4.61. The predicted octanol–water partition coefficient (Wildman–Crippen LogP) is 2.52. The van der Waals surface area contributed by atoms with Crippen LogP contribution in [0.5, 0.6) is 0 Å². The maximum absolute atomic E-state index is 8.97. The van der Waals surface area contributed by atoms with E-state index in [1.807, 2.05) is 55.5 Å². The van der Waals surface area contributed by atoms with Gasteiger partial charge in [0.25, 0.3) is 0 Å². The highest BCUT2D eigenvalue weighted by molar-refractivity contribution is 5.82. The first kappa shape index (κ1) is 15.1. The highest BCUT2D eigenvalue weighted by Gasteiger charge is 2.01. The van der Waals surface area contributed by atoms with Gasteiger partial charge in [-0.1, -0.05) is 53.7 Å². The fourth-order valence-electron chi connectivity index (χ4n) is 1.97. The van der Waals surface area contributed by atoms with Crippen LogP contribution in [0.25, 0.3) is 0 Å². The molecule has 0 saturated carbocycles. The minimum atomic E-state index is 0.0443. The lowest BCUT2D eigenvalue weighted by molar-refractivity contribution is 0.129. The summed E-state index contributed by atoms with van der Waals surface area (Å²) in [6, 6.07) is 15.6. The molecule has 0 saturated heterocycles. The number of aryl methyl sites for hydroxylation is 1. The summed E-state index contributed by atoms with van der Waals surface area (Å²) in [5.74, 6) is 0.455. The smallest absolute Gasteiger partial charge is 0.143 e. The zero-order valence-electron chi connectivity index (χ0n) is 12.1. The molecule has 0 spiro atoms. The van der Waals surface area contributed by atoms with Gasteiger partial charge in [0.1, 0.15) is 12.4 Å². The van der Waals surface area contributed by atoms with Gasteiger partial charge in [0, 0.05) is 6.42 Å². The van der Waals surface area contributed by atoms with Gasteiger partial charge in [-0.05, 0) is 29.2 Å². The van der Waals surface area contributed by atoms with Crippen molar-refractivity contribution in [2.75, 3.05) is 0 Å². The van der Waals surface area contributed by atoms with Gasteiger partial charge >= 0.3 is 0 Å². The molecule has 0 heterocycles. The van der Waals surface area contributed by atoms with Gasteiger partial charge in [-0.15, -0.1) is 0 Å². The molecule has 21 heavy (non-hydrogen) atoms. The summed E-state index contributed by atoms with van der Waals surface area (Å²) >= 11 is 0. The van der Waals surface area contributed by atoms with Crippen LogP contribution in [0, 0.1) is 6.92 Å². The number of rotatable bonds is 6. The van der Waals surface area contributed by atoms with Crippen LogP contribution in [0.1, 0.15) is 22.3 Å². The summed E-state index contributed by atoms with van der Waals surface area (Å²) < 4.78 is 0. The van der Waals surface area contributed by atoms with E-state index in [1.165, 1.54) is 5.56 Å². The van der Waals surface area contributed by atoms with E-state index in [-0.39, 0.29) is 6.61 Å². The van der Waals surface area contributed by atoms with Crippen molar-refractivity contribution in [2.45, 2.75) is 26.6 Å². The number of hydrogen-bond donors (Lipinski definition) is 2. The van der Waals surface area contributed by atoms with Gasteiger partial charge in [-0.25, -0.2) is 0 Å². The number of nitrogens with two attached hydrogens (primary N) is 1. The highest BCUT2D eigenvalue weighted by atomic mass is 16.6. The molecule has 0 unspecified atom stereocenters. The lowest BCUT2D eigenvalue weighted by atomic mass is 10.1. The first-order valence-corrected chi connectivity index (χ1v) is 6.86. The summed E-state index contributed by atoms with van der Waals surface area (Å²) in [5.41, 5.74) is 10.1. The Hall–Kier alpha value is -2.33. The van der Waals surface area contributed by atoms with Crippen LogP contribution >= 0.6 is 0 Å². The van der Waals surface area contributed by atoms with Crippen molar-refractivity contribution in [1.29, 1.82) is 0 Å². The van der Waals surface area contributed by atoms with Crippen molar-refractivity contribution in [3.63, 3.8) is 0 Å². The third-order valence-electron chi connectivity index (χ3n) is 3.25. The summed E-state index contributed by atoms with van der Waals surface area (Å²) in [6.45, 7) is 2.45. The van der Waals surface area contributed by atoms with Crippen molar-refractivity contribution < 1.29 is 9.94 Å². The summed E-state index contributed by atoms with van der Waals surface area (Å²) in [7, 11) is 0. The van der Waals surface area contributed by atoms with Gasteiger partial charge < -0.3 is 15.7 Å². The normalized spacial score (nSPS) is 11.4. The van der Waals surface area contributed by atoms with Crippen molar-refractivity contribution in [1.82, 2.24) is 0 Å². The number of nitrogens with zero attached hydrogens (tertiary/aromatic N) is 1. The monoisotopic (exact) mass is 284 g/mol. The van der Waals surface area contributed by atoms with E-state index in [4.69, 9.17) is 15.7 Å². The molecule has 0 fully saturated rings. The molecule has 0 aliphatic rings. The molecular formula is C17H20N2O2. The molecule has 3 N–H and O–H groups in total. The predicted molar refractivity (Wildman–Crippen MR) is 83.7 cm³/mol. The summed E-state index contributed by atoms with van der Waals surface area (Å²) in [6.07, 6.45) is 0.579. The largest absolute Gasteiger partial charge is 0.392 e. The molecule has 0 amide bonds. The molecular weight excluding hydrogens is 264 g/mol. The second kappa shape index (κ2) is 7.45. The molecule has 2 rings (SSSR count). The maximum Gasteiger partial charge on any atom is 0.143 e. The number of hydrogen-bond acceptors (Lipinski definition) is 3. The quantitative estimate of drug-likeness (QED) is 0.486. The number of aliphatic hydroxyl groups excluding tert-OH is 1. The minimum absolute atomic E-state index is 0.0443. The zero-order valence-corrected chi connectivity index (χ0v) is 12.1. The number of aliphatic hydroxyl groups is 1. The number of benzene rings is 2. The van der Waals surface area contributed by atoms with Gasteiger partial charge in [0.05, 0.1) is 6.61 Å². The molecule has 4 heteroatoms. The molecule has 4 nitrogen and oxygen atoms in total. The maximum atomic E-state index is 8.97. The van der Waals surface area contributed by atoms with Gasteiger partial charge in [0.2, 0.25) is 0 Å². The SMILES string of the molecule is Cc1ccccc1C/C(N)=N/OCc1ccc(CO)cc1. The lowest BCUT2D eigenvalue weighted by Crippen LogP contribution is -2.16. The highest BCUT2D eigenvalue weighted by Crippen LogP contribution is 2.08. The molecule has 0 bridgehead atoms. The van der Waals surface area contributed by atoms with Gasteiger partial charge in [-0.3, -0.25) is 0 Å². The molecule has 0 aliphatic carbocycles. The molecule has 0 aliphatic heterocycles. The van der Waals surface area contributed by atoms with Crippen LogP contribution in [-0.2, 0) is 24.5 Å². The average molecular weight is 284 g/mol. The molecule has 2 aromatic rings. The van der Waals surface area contributed by atoms with Crippen LogP contribution in [0.2, 0.25) is 0 Å². The first-order chi connectivity index (χ1) is 10.2. The second-order valence-electron chi connectivity index (χ2n) is 4.93. The van der Waals surface area contributed by atoms with Crippen molar-refractivity contribution >= 4 is 5.84 Å². The second-order valence-corrected chi connectivity index (χ2v) is 4.93. The Morgan fingerprint density at radius 2 is 1.76 bits per heavy atom.